The first-order chi connectivity index (χ1) is 15.1. The van der Waals surface area contributed by atoms with Gasteiger partial charge in [-0.3, -0.25) is 4.79 Å². The molecule has 1 aromatic carbocycles. The quantitative estimate of drug-likeness (QED) is 0.576. The van der Waals surface area contributed by atoms with Crippen LogP contribution in [0.1, 0.15) is 43.7 Å². The smallest absolute Gasteiger partial charge is 0.235 e. The fourth-order valence-corrected chi connectivity index (χ4v) is 5.68. The van der Waals surface area contributed by atoms with Crippen LogP contribution in [0.3, 0.4) is 0 Å². The number of aromatic nitrogens is 1. The Morgan fingerprint density at radius 1 is 1.16 bits per heavy atom. The van der Waals surface area contributed by atoms with Crippen molar-refractivity contribution in [2.75, 3.05) is 31.9 Å². The summed E-state index contributed by atoms with van der Waals surface area (Å²) in [5, 5.41) is 2.75. The lowest BCUT2D eigenvalue weighted by molar-refractivity contribution is -0.118. The number of rotatable bonds is 9. The van der Waals surface area contributed by atoms with E-state index in [1.54, 1.807) is 6.92 Å². The third-order valence-corrected chi connectivity index (χ3v) is 7.23. The Kier molecular flexibility index (Phi) is 8.11. The van der Waals surface area contributed by atoms with E-state index in [0.29, 0.717) is 35.7 Å². The molecule has 1 fully saturated rings. The summed E-state index contributed by atoms with van der Waals surface area (Å²) in [6, 6.07) is 7.67. The van der Waals surface area contributed by atoms with Gasteiger partial charge in [-0.1, -0.05) is 31.5 Å². The summed E-state index contributed by atoms with van der Waals surface area (Å²) in [5.74, 6) is 0.913. The minimum atomic E-state index is -3.65. The maximum atomic E-state index is 12.6. The second-order valence-corrected chi connectivity index (χ2v) is 11.4. The van der Waals surface area contributed by atoms with Crippen LogP contribution in [0.2, 0.25) is 0 Å². The average Bonchev–Trinajstić information content (AvgIpc) is 3.04. The Balaban J connectivity index is 1.46. The zero-order valence-corrected chi connectivity index (χ0v) is 20.4. The molecule has 0 radical (unpaired) electrons. The van der Waals surface area contributed by atoms with Gasteiger partial charge < -0.3 is 14.6 Å². The predicted molar refractivity (Wildman–Crippen MR) is 126 cm³/mol. The molecule has 1 aliphatic heterocycles. The van der Waals surface area contributed by atoms with E-state index in [1.165, 1.54) is 6.42 Å². The summed E-state index contributed by atoms with van der Waals surface area (Å²) in [6.07, 6.45) is 2.08. The molecule has 176 valence electrons. The summed E-state index contributed by atoms with van der Waals surface area (Å²) >= 11 is 0. The number of carbonyl (C=O) groups is 1. The van der Waals surface area contributed by atoms with Crippen LogP contribution in [0.15, 0.2) is 28.7 Å². The van der Waals surface area contributed by atoms with Gasteiger partial charge >= 0.3 is 0 Å². The van der Waals surface area contributed by atoms with Crippen LogP contribution in [-0.2, 0) is 20.4 Å². The van der Waals surface area contributed by atoms with E-state index >= 15 is 0 Å². The van der Waals surface area contributed by atoms with Crippen molar-refractivity contribution in [3.63, 3.8) is 0 Å². The van der Waals surface area contributed by atoms with Crippen molar-refractivity contribution in [2.45, 2.75) is 46.3 Å². The maximum absolute atomic E-state index is 12.6. The highest BCUT2D eigenvalue weighted by Crippen LogP contribution is 2.23. The van der Waals surface area contributed by atoms with Crippen molar-refractivity contribution >= 4 is 15.7 Å². The molecule has 0 saturated carbocycles. The van der Waals surface area contributed by atoms with Crippen LogP contribution in [0.4, 0.5) is 0 Å². The van der Waals surface area contributed by atoms with Crippen LogP contribution < -0.4 is 5.32 Å². The molecule has 2 atom stereocenters. The molecule has 8 heteroatoms. The first kappa shape index (κ1) is 24.5. The van der Waals surface area contributed by atoms with Crippen LogP contribution in [-0.4, -0.2) is 56.1 Å². The van der Waals surface area contributed by atoms with Gasteiger partial charge in [-0.05, 0) is 57.2 Å². The van der Waals surface area contributed by atoms with Crippen molar-refractivity contribution < 1.29 is 17.6 Å². The predicted octanol–water partition coefficient (Wildman–Crippen LogP) is 3.36. The van der Waals surface area contributed by atoms with Crippen molar-refractivity contribution in [2.24, 2.45) is 11.8 Å². The Hall–Kier alpha value is -2.19. The molecule has 1 N–H and O–H groups in total. The largest absolute Gasteiger partial charge is 0.441 e. The number of nitrogens with one attached hydrogen (secondary N) is 1. The van der Waals surface area contributed by atoms with E-state index in [-0.39, 0.29) is 5.75 Å². The second kappa shape index (κ2) is 10.6. The third-order valence-electron chi connectivity index (χ3n) is 5.82. The lowest BCUT2D eigenvalue weighted by atomic mass is 9.92. The van der Waals surface area contributed by atoms with Crippen LogP contribution in [0.5, 0.6) is 0 Å². The summed E-state index contributed by atoms with van der Waals surface area (Å²) in [5.41, 5.74) is 2.25. The fraction of sp³-hybridized carbons (Fsp3) is 0.583. The fourth-order valence-electron chi connectivity index (χ4n) is 4.40. The maximum Gasteiger partial charge on any atom is 0.235 e. The molecule has 1 aromatic heterocycles. The Labute approximate surface area is 191 Å². The molecule has 2 aromatic rings. The average molecular weight is 462 g/mol. The summed E-state index contributed by atoms with van der Waals surface area (Å²) in [6.45, 7) is 11.8. The lowest BCUT2D eigenvalue weighted by Crippen LogP contribution is -2.40. The number of carbonyl (C=O) groups excluding carboxylic acids is 1. The molecule has 1 saturated heterocycles. The molecule has 0 spiro atoms. The topological polar surface area (TPSA) is 92.5 Å². The van der Waals surface area contributed by atoms with E-state index in [4.69, 9.17) is 4.42 Å². The number of aryl methyl sites for hydroxylation is 2. The summed E-state index contributed by atoms with van der Waals surface area (Å²) < 4.78 is 30.8. The summed E-state index contributed by atoms with van der Waals surface area (Å²) in [7, 11) is -3.65. The van der Waals surface area contributed by atoms with E-state index in [0.717, 1.165) is 37.2 Å². The van der Waals surface area contributed by atoms with Gasteiger partial charge in [0, 0.05) is 25.2 Å². The highest BCUT2D eigenvalue weighted by Gasteiger charge is 2.23. The van der Waals surface area contributed by atoms with Gasteiger partial charge in [-0.2, -0.15) is 0 Å². The van der Waals surface area contributed by atoms with Crippen LogP contribution >= 0.6 is 0 Å². The first-order valence-electron chi connectivity index (χ1n) is 11.3. The Morgan fingerprint density at radius 2 is 1.81 bits per heavy atom. The standard InChI is InChI=1S/C24H35N3O4S/c1-17-6-8-21(9-7-17)24-26-22(20(4)31-24)15-32(29,30)16-23(28)25-10-5-11-27-13-18(2)12-19(3)14-27/h6-9,18-19H,5,10-16H2,1-4H3,(H,25,28)/t18-,19+. The molecule has 0 aliphatic carbocycles. The van der Waals surface area contributed by atoms with Gasteiger partial charge in [0.05, 0.1) is 11.4 Å². The molecule has 0 bridgehead atoms. The van der Waals surface area contributed by atoms with Gasteiger partial charge in [0.2, 0.25) is 11.8 Å². The number of oxazole rings is 1. The minimum Gasteiger partial charge on any atom is -0.441 e. The number of hydrogen-bond acceptors (Lipinski definition) is 6. The zero-order chi connectivity index (χ0) is 23.3. The zero-order valence-electron chi connectivity index (χ0n) is 19.6. The second-order valence-electron chi connectivity index (χ2n) is 9.33. The molecule has 3 rings (SSSR count). The highest BCUT2D eigenvalue weighted by atomic mass is 32.2. The molecule has 1 amide bonds. The Morgan fingerprint density at radius 3 is 2.47 bits per heavy atom. The number of hydrogen-bond donors (Lipinski definition) is 1. The number of sulfone groups is 1. The molecular weight excluding hydrogens is 426 g/mol. The van der Waals surface area contributed by atoms with E-state index in [9.17, 15) is 13.2 Å². The van der Waals surface area contributed by atoms with Crippen LogP contribution in [0, 0.1) is 25.7 Å². The SMILES string of the molecule is Cc1ccc(-c2nc(CS(=O)(=O)CC(=O)NCCCN3C[C@H](C)C[C@H](C)C3)c(C)o2)cc1. The summed E-state index contributed by atoms with van der Waals surface area (Å²) in [4.78, 5) is 19.0. The third kappa shape index (κ3) is 7.17. The van der Waals surface area contributed by atoms with E-state index in [1.807, 2.05) is 31.2 Å². The lowest BCUT2D eigenvalue weighted by Gasteiger charge is -2.34. The van der Waals surface area contributed by atoms with E-state index < -0.39 is 21.5 Å². The normalized spacial score (nSPS) is 19.8. The number of nitrogens with zero attached hydrogens (tertiary/aromatic N) is 2. The van der Waals surface area contributed by atoms with Crippen molar-refractivity contribution in [1.29, 1.82) is 0 Å². The van der Waals surface area contributed by atoms with Gasteiger partial charge in [-0.25, -0.2) is 13.4 Å². The van der Waals surface area contributed by atoms with Crippen molar-refractivity contribution in [3.8, 4) is 11.5 Å². The Bertz CT molecular complexity index is 1000. The molecule has 2 heterocycles. The molecule has 1 aliphatic rings. The van der Waals surface area contributed by atoms with Gasteiger partial charge in [0.15, 0.2) is 9.84 Å². The minimum absolute atomic E-state index is 0.314. The number of piperidine rings is 1. The van der Waals surface area contributed by atoms with Crippen molar-refractivity contribution in [3.05, 3.63) is 41.3 Å². The van der Waals surface area contributed by atoms with Gasteiger partial charge in [0.1, 0.15) is 11.5 Å². The number of benzene rings is 1. The molecular formula is C24H35N3O4S. The highest BCUT2D eigenvalue weighted by molar-refractivity contribution is 7.91. The van der Waals surface area contributed by atoms with Crippen LogP contribution in [0.25, 0.3) is 11.5 Å². The van der Waals surface area contributed by atoms with Gasteiger partial charge in [0.25, 0.3) is 0 Å². The van der Waals surface area contributed by atoms with Crippen molar-refractivity contribution in [1.82, 2.24) is 15.2 Å². The van der Waals surface area contributed by atoms with E-state index in [2.05, 4.69) is 29.0 Å². The molecule has 7 nitrogen and oxygen atoms in total. The molecule has 32 heavy (non-hydrogen) atoms. The number of amides is 1. The first-order valence-corrected chi connectivity index (χ1v) is 13.2. The monoisotopic (exact) mass is 461 g/mol. The van der Waals surface area contributed by atoms with Gasteiger partial charge in [-0.15, -0.1) is 0 Å². The molecule has 0 unspecified atom stereocenters. The number of likely N-dealkylation sites (tertiary alicyclic amines) is 1.